The zero-order chi connectivity index (χ0) is 24.1. The molecule has 6 nitrogen and oxygen atoms in total. The van der Waals surface area contributed by atoms with Crippen molar-refractivity contribution in [1.29, 1.82) is 5.26 Å². The average molecular weight is 487 g/mol. The lowest BCUT2D eigenvalue weighted by Crippen LogP contribution is -2.30. The van der Waals surface area contributed by atoms with Gasteiger partial charge in [0.2, 0.25) is 5.91 Å². The van der Waals surface area contributed by atoms with Crippen LogP contribution in [0.15, 0.2) is 77.7 Å². The maximum atomic E-state index is 13.4. The van der Waals surface area contributed by atoms with Crippen LogP contribution in [0.5, 0.6) is 0 Å². The van der Waals surface area contributed by atoms with E-state index in [0.29, 0.717) is 16.8 Å². The van der Waals surface area contributed by atoms with Crippen LogP contribution in [-0.2, 0) is 4.79 Å². The van der Waals surface area contributed by atoms with Gasteiger partial charge in [0.1, 0.15) is 5.01 Å². The lowest BCUT2D eigenvalue weighted by molar-refractivity contribution is -0.113. The Morgan fingerprint density at radius 3 is 2.68 bits per heavy atom. The van der Waals surface area contributed by atoms with Crippen LogP contribution < -0.4 is 5.32 Å². The molecule has 4 aromatic rings. The molecular formula is C26H22N4O2S2. The van der Waals surface area contributed by atoms with Crippen molar-refractivity contribution in [3.63, 3.8) is 0 Å². The maximum Gasteiger partial charge on any atom is 0.255 e. The molecule has 34 heavy (non-hydrogen) atoms. The second-order valence-corrected chi connectivity index (χ2v) is 9.72. The number of thiazole rings is 1. The third-order valence-electron chi connectivity index (χ3n) is 5.32. The van der Waals surface area contributed by atoms with Crippen LogP contribution in [0.4, 0.5) is 5.69 Å². The highest BCUT2D eigenvalue weighted by atomic mass is 32.2. The Bertz CT molecular complexity index is 1360. The van der Waals surface area contributed by atoms with Crippen molar-refractivity contribution >= 4 is 50.8 Å². The van der Waals surface area contributed by atoms with Crippen LogP contribution in [0, 0.1) is 11.3 Å². The number of carbonyl (C=O) groups is 2. The first kappa shape index (κ1) is 23.5. The molecule has 0 bridgehead atoms. The van der Waals surface area contributed by atoms with E-state index in [1.807, 2.05) is 49.4 Å². The first-order chi connectivity index (χ1) is 16.5. The number of anilines is 1. The topological polar surface area (TPSA) is 86.1 Å². The van der Waals surface area contributed by atoms with Crippen molar-refractivity contribution < 1.29 is 9.59 Å². The largest absolute Gasteiger partial charge is 0.332 e. The van der Waals surface area contributed by atoms with Gasteiger partial charge in [-0.3, -0.25) is 9.59 Å². The van der Waals surface area contributed by atoms with Crippen molar-refractivity contribution in [3.8, 4) is 6.07 Å². The number of thioether (sulfide) groups is 1. The quantitative estimate of drug-likeness (QED) is 0.337. The van der Waals surface area contributed by atoms with Gasteiger partial charge in [-0.1, -0.05) is 30.3 Å². The molecule has 1 N–H and O–H groups in total. The molecule has 3 aromatic carbocycles. The van der Waals surface area contributed by atoms with Crippen molar-refractivity contribution in [2.75, 3.05) is 18.1 Å². The average Bonchev–Trinajstić information content (AvgIpc) is 3.31. The molecule has 1 aromatic heterocycles. The molecule has 0 spiro atoms. The summed E-state index contributed by atoms with van der Waals surface area (Å²) in [7, 11) is 1.77. The van der Waals surface area contributed by atoms with Gasteiger partial charge in [0.25, 0.3) is 5.91 Å². The highest BCUT2D eigenvalue weighted by Gasteiger charge is 2.24. The van der Waals surface area contributed by atoms with Crippen LogP contribution in [0.25, 0.3) is 10.2 Å². The van der Waals surface area contributed by atoms with E-state index >= 15 is 0 Å². The Morgan fingerprint density at radius 2 is 1.88 bits per heavy atom. The Morgan fingerprint density at radius 1 is 1.12 bits per heavy atom. The molecule has 0 fully saturated rings. The summed E-state index contributed by atoms with van der Waals surface area (Å²) in [5.41, 5.74) is 2.52. The minimum absolute atomic E-state index is 0.128. The van der Waals surface area contributed by atoms with E-state index in [0.717, 1.165) is 20.1 Å². The molecule has 0 radical (unpaired) electrons. The molecule has 1 heterocycles. The number of hydrogen-bond acceptors (Lipinski definition) is 6. The predicted octanol–water partition coefficient (Wildman–Crippen LogP) is 5.73. The summed E-state index contributed by atoms with van der Waals surface area (Å²) in [6.07, 6.45) is 0. The van der Waals surface area contributed by atoms with Crippen LogP contribution in [-0.4, -0.2) is 34.5 Å². The Hall–Kier alpha value is -3.67. The van der Waals surface area contributed by atoms with E-state index in [4.69, 9.17) is 10.2 Å². The third-order valence-corrected chi connectivity index (χ3v) is 7.60. The highest BCUT2D eigenvalue weighted by Crippen LogP contribution is 2.31. The molecule has 0 aliphatic carbocycles. The summed E-state index contributed by atoms with van der Waals surface area (Å²) >= 11 is 2.89. The summed E-state index contributed by atoms with van der Waals surface area (Å²) in [6.45, 7) is 1.97. The summed E-state index contributed by atoms with van der Waals surface area (Å²) in [5.74, 6) is -0.200. The number of fused-ring (bicyclic) bond motifs is 1. The van der Waals surface area contributed by atoms with Gasteiger partial charge in [-0.15, -0.1) is 23.1 Å². The van der Waals surface area contributed by atoms with Gasteiger partial charge in [-0.2, -0.15) is 5.26 Å². The number of carbonyl (C=O) groups excluding carboxylic acids is 2. The predicted molar refractivity (Wildman–Crippen MR) is 137 cm³/mol. The number of hydrogen-bond donors (Lipinski definition) is 1. The monoisotopic (exact) mass is 486 g/mol. The Balaban J connectivity index is 1.44. The Kier molecular flexibility index (Phi) is 7.26. The van der Waals surface area contributed by atoms with Gasteiger partial charge >= 0.3 is 0 Å². The lowest BCUT2D eigenvalue weighted by Gasteiger charge is -2.24. The molecule has 0 saturated carbocycles. The van der Waals surface area contributed by atoms with E-state index in [9.17, 15) is 9.59 Å². The van der Waals surface area contributed by atoms with Gasteiger partial charge in [0, 0.05) is 17.6 Å². The van der Waals surface area contributed by atoms with Crippen molar-refractivity contribution in [1.82, 2.24) is 9.88 Å². The van der Waals surface area contributed by atoms with Gasteiger partial charge in [-0.25, -0.2) is 4.98 Å². The fourth-order valence-corrected chi connectivity index (χ4v) is 5.28. The van der Waals surface area contributed by atoms with E-state index < -0.39 is 0 Å². The number of nitriles is 1. The van der Waals surface area contributed by atoms with Crippen molar-refractivity contribution in [2.24, 2.45) is 0 Å². The second-order valence-electron chi connectivity index (χ2n) is 7.64. The SMILES string of the molecule is C[C@@H](c1nc2ccccc2s1)N(C)C(=O)c1ccccc1SCC(=O)Nc1cccc(C#N)c1. The lowest BCUT2D eigenvalue weighted by atomic mass is 10.2. The normalized spacial score (nSPS) is 11.6. The first-order valence-electron chi connectivity index (χ1n) is 10.6. The van der Waals surface area contributed by atoms with Crippen LogP contribution in [0.2, 0.25) is 0 Å². The molecule has 2 amide bonds. The zero-order valence-corrected chi connectivity index (χ0v) is 20.3. The zero-order valence-electron chi connectivity index (χ0n) is 18.7. The van der Waals surface area contributed by atoms with Crippen LogP contribution in [0.3, 0.4) is 0 Å². The minimum Gasteiger partial charge on any atom is -0.332 e. The fraction of sp³-hybridized carbons (Fsp3) is 0.154. The van der Waals surface area contributed by atoms with Crippen molar-refractivity contribution in [3.05, 3.63) is 88.9 Å². The molecule has 0 saturated heterocycles. The number of nitrogens with one attached hydrogen (secondary N) is 1. The molecule has 0 aliphatic heterocycles. The summed E-state index contributed by atoms with van der Waals surface area (Å²) in [5, 5.41) is 12.7. The van der Waals surface area contributed by atoms with Crippen LogP contribution >= 0.6 is 23.1 Å². The first-order valence-corrected chi connectivity index (χ1v) is 12.4. The number of amides is 2. The Labute approximate surface area is 206 Å². The number of rotatable bonds is 7. The highest BCUT2D eigenvalue weighted by molar-refractivity contribution is 8.00. The van der Waals surface area contributed by atoms with Gasteiger partial charge in [-0.05, 0) is 49.4 Å². The molecule has 0 unspecified atom stereocenters. The summed E-state index contributed by atoms with van der Waals surface area (Å²) in [6, 6.07) is 23.8. The van der Waals surface area contributed by atoms with E-state index in [1.165, 1.54) is 11.8 Å². The second kappa shape index (κ2) is 10.5. The van der Waals surface area contributed by atoms with E-state index in [2.05, 4.69) is 11.4 Å². The number of aromatic nitrogens is 1. The number of para-hydroxylation sites is 1. The van der Waals surface area contributed by atoms with E-state index in [-0.39, 0.29) is 23.6 Å². The smallest absolute Gasteiger partial charge is 0.255 e. The molecule has 170 valence electrons. The molecule has 0 aliphatic rings. The molecular weight excluding hydrogens is 464 g/mol. The molecule has 8 heteroatoms. The number of benzene rings is 3. The minimum atomic E-state index is -0.210. The van der Waals surface area contributed by atoms with Gasteiger partial charge in [0.05, 0.1) is 39.2 Å². The maximum absolute atomic E-state index is 13.4. The van der Waals surface area contributed by atoms with Gasteiger partial charge < -0.3 is 10.2 Å². The fourth-order valence-electron chi connectivity index (χ4n) is 3.38. The van der Waals surface area contributed by atoms with Gasteiger partial charge in [0.15, 0.2) is 0 Å². The standard InChI is InChI=1S/C26H22N4O2S2/c1-17(25-29-21-11-4-6-13-23(21)34-25)30(2)26(32)20-10-3-5-12-22(20)33-16-24(31)28-19-9-7-8-18(14-19)15-27/h3-14,17H,16H2,1-2H3,(H,28,31)/t17-/m0/s1. The van der Waals surface area contributed by atoms with Crippen LogP contribution in [0.1, 0.15) is 33.9 Å². The summed E-state index contributed by atoms with van der Waals surface area (Å²) in [4.78, 5) is 32.9. The molecule has 4 rings (SSSR count). The van der Waals surface area contributed by atoms with E-state index in [1.54, 1.807) is 53.6 Å². The molecule has 1 atom stereocenters. The summed E-state index contributed by atoms with van der Waals surface area (Å²) < 4.78 is 1.09. The number of nitrogens with zero attached hydrogens (tertiary/aromatic N) is 3. The third kappa shape index (κ3) is 5.28. The van der Waals surface area contributed by atoms with Crippen molar-refractivity contribution in [2.45, 2.75) is 17.9 Å².